The molecule has 2 aromatic rings. The maximum absolute atomic E-state index is 5.44. The van der Waals surface area contributed by atoms with E-state index in [1.54, 1.807) is 7.11 Å². The van der Waals surface area contributed by atoms with Crippen LogP contribution in [-0.4, -0.2) is 30.2 Å². The minimum atomic E-state index is 0.549. The van der Waals surface area contributed by atoms with Crippen molar-refractivity contribution in [1.29, 1.82) is 0 Å². The second-order valence-corrected chi connectivity index (χ2v) is 6.72. The van der Waals surface area contributed by atoms with E-state index in [9.17, 15) is 0 Å². The van der Waals surface area contributed by atoms with Crippen LogP contribution in [-0.2, 0) is 0 Å². The van der Waals surface area contributed by atoms with Gasteiger partial charge in [0.05, 0.1) is 12.8 Å². The average Bonchev–Trinajstić information content (AvgIpc) is 2.50. The Morgan fingerprint density at radius 1 is 1.13 bits per heavy atom. The van der Waals surface area contributed by atoms with Gasteiger partial charge in [0, 0.05) is 33.8 Å². The zero-order valence-corrected chi connectivity index (χ0v) is 16.8. The average molecular weight is 444 g/mol. The molecule has 23 heavy (non-hydrogen) atoms. The van der Waals surface area contributed by atoms with Crippen LogP contribution in [0.3, 0.4) is 0 Å². The Morgan fingerprint density at radius 2 is 1.83 bits per heavy atom. The minimum absolute atomic E-state index is 0.549. The van der Waals surface area contributed by atoms with Crippen LogP contribution >= 0.6 is 31.9 Å². The summed E-state index contributed by atoms with van der Waals surface area (Å²) in [7, 11) is 1.64. The number of hydrogen-bond acceptors (Lipinski definition) is 5. The van der Waals surface area contributed by atoms with Crippen molar-refractivity contribution in [2.45, 2.75) is 20.8 Å². The normalized spacial score (nSPS) is 10.5. The summed E-state index contributed by atoms with van der Waals surface area (Å²) in [4.78, 5) is 11.3. The molecule has 0 spiro atoms. The molecule has 124 valence electrons. The zero-order chi connectivity index (χ0) is 17.0. The first kappa shape index (κ1) is 18.0. The van der Waals surface area contributed by atoms with Gasteiger partial charge in [-0.2, -0.15) is 4.98 Å². The second-order valence-electron chi connectivity index (χ2n) is 4.95. The second kappa shape index (κ2) is 7.97. The molecule has 5 nitrogen and oxygen atoms in total. The van der Waals surface area contributed by atoms with Crippen molar-refractivity contribution in [3.63, 3.8) is 0 Å². The van der Waals surface area contributed by atoms with E-state index in [4.69, 9.17) is 4.74 Å². The highest BCUT2D eigenvalue weighted by molar-refractivity contribution is 9.11. The van der Waals surface area contributed by atoms with Crippen LogP contribution in [0.5, 0.6) is 5.75 Å². The number of halogens is 2. The molecule has 0 aliphatic carbocycles. The fourth-order valence-electron chi connectivity index (χ4n) is 2.26. The number of nitrogens with one attached hydrogen (secondary N) is 1. The molecule has 0 saturated carbocycles. The lowest BCUT2D eigenvalue weighted by molar-refractivity contribution is 0.416. The summed E-state index contributed by atoms with van der Waals surface area (Å²) in [6, 6.07) is 5.84. The molecule has 0 bridgehead atoms. The number of anilines is 3. The van der Waals surface area contributed by atoms with Crippen molar-refractivity contribution < 1.29 is 4.74 Å². The van der Waals surface area contributed by atoms with Gasteiger partial charge in [0.1, 0.15) is 11.6 Å². The highest BCUT2D eigenvalue weighted by Crippen LogP contribution is 2.37. The topological polar surface area (TPSA) is 50.3 Å². The first-order valence-electron chi connectivity index (χ1n) is 7.39. The Labute approximate surface area is 153 Å². The lowest BCUT2D eigenvalue weighted by Gasteiger charge is -2.21. The lowest BCUT2D eigenvalue weighted by Crippen LogP contribution is -2.23. The highest BCUT2D eigenvalue weighted by atomic mass is 79.9. The first-order chi connectivity index (χ1) is 11.0. The van der Waals surface area contributed by atoms with E-state index < -0.39 is 0 Å². The molecule has 0 saturated heterocycles. The Bertz CT molecular complexity index is 690. The molecule has 1 aromatic carbocycles. The molecule has 0 atom stereocenters. The third kappa shape index (κ3) is 4.35. The maximum Gasteiger partial charge on any atom is 0.229 e. The Hall–Kier alpha value is -1.34. The van der Waals surface area contributed by atoms with Crippen molar-refractivity contribution in [2.24, 2.45) is 0 Å². The number of methoxy groups -OCH3 is 1. The SMILES string of the molecule is CCN(CC)c1cc(C)nc(Nc2c(Br)cc(Br)cc2OC)n1. The van der Waals surface area contributed by atoms with Crippen molar-refractivity contribution in [1.82, 2.24) is 9.97 Å². The number of nitrogens with zero attached hydrogens (tertiary/aromatic N) is 3. The summed E-state index contributed by atoms with van der Waals surface area (Å²) in [6.07, 6.45) is 0. The van der Waals surface area contributed by atoms with Crippen molar-refractivity contribution in [3.05, 3.63) is 32.8 Å². The van der Waals surface area contributed by atoms with Crippen LogP contribution in [0.4, 0.5) is 17.5 Å². The molecular weight excluding hydrogens is 424 g/mol. The highest BCUT2D eigenvalue weighted by Gasteiger charge is 2.13. The molecular formula is C16H20Br2N4O. The van der Waals surface area contributed by atoms with Gasteiger partial charge in [-0.3, -0.25) is 0 Å². The van der Waals surface area contributed by atoms with E-state index >= 15 is 0 Å². The van der Waals surface area contributed by atoms with Gasteiger partial charge < -0.3 is 15.0 Å². The van der Waals surface area contributed by atoms with Crippen LogP contribution in [0.1, 0.15) is 19.5 Å². The van der Waals surface area contributed by atoms with Crippen molar-refractivity contribution >= 4 is 49.3 Å². The number of rotatable bonds is 6. The largest absolute Gasteiger partial charge is 0.494 e. The van der Waals surface area contributed by atoms with E-state index in [-0.39, 0.29) is 0 Å². The van der Waals surface area contributed by atoms with Gasteiger partial charge in [-0.1, -0.05) is 15.9 Å². The van der Waals surface area contributed by atoms with E-state index in [1.807, 2.05) is 25.1 Å². The van der Waals surface area contributed by atoms with Crippen molar-refractivity contribution in [3.8, 4) is 5.75 Å². The van der Waals surface area contributed by atoms with Gasteiger partial charge >= 0.3 is 0 Å². The Kier molecular flexibility index (Phi) is 6.24. The fourth-order valence-corrected chi connectivity index (χ4v) is 3.55. The zero-order valence-electron chi connectivity index (χ0n) is 13.7. The summed E-state index contributed by atoms with van der Waals surface area (Å²) >= 11 is 7.01. The summed E-state index contributed by atoms with van der Waals surface area (Å²) in [5.41, 5.74) is 1.71. The summed E-state index contributed by atoms with van der Waals surface area (Å²) < 4.78 is 7.25. The molecule has 0 fully saturated rings. The van der Waals surface area contributed by atoms with Crippen LogP contribution < -0.4 is 15.0 Å². The molecule has 0 aliphatic rings. The molecule has 0 amide bonds. The minimum Gasteiger partial charge on any atom is -0.494 e. The van der Waals surface area contributed by atoms with E-state index in [0.29, 0.717) is 11.7 Å². The monoisotopic (exact) mass is 442 g/mol. The van der Waals surface area contributed by atoms with Gasteiger partial charge in [0.15, 0.2) is 0 Å². The quantitative estimate of drug-likeness (QED) is 0.687. The summed E-state index contributed by atoms with van der Waals surface area (Å²) in [5, 5.41) is 3.26. The molecule has 0 radical (unpaired) electrons. The number of aryl methyl sites for hydroxylation is 1. The van der Waals surface area contributed by atoms with Crippen LogP contribution in [0, 0.1) is 6.92 Å². The van der Waals surface area contributed by atoms with E-state index in [1.165, 1.54) is 0 Å². The van der Waals surface area contributed by atoms with E-state index in [0.717, 1.165) is 39.2 Å². The van der Waals surface area contributed by atoms with Crippen molar-refractivity contribution in [2.75, 3.05) is 30.4 Å². The third-order valence-electron chi connectivity index (χ3n) is 3.40. The number of hydrogen-bond donors (Lipinski definition) is 1. The molecule has 1 heterocycles. The first-order valence-corrected chi connectivity index (χ1v) is 8.97. The summed E-state index contributed by atoms with van der Waals surface area (Å²) in [6.45, 7) is 7.99. The van der Waals surface area contributed by atoms with Gasteiger partial charge in [0.2, 0.25) is 5.95 Å². The number of aromatic nitrogens is 2. The maximum atomic E-state index is 5.44. The predicted molar refractivity (Wildman–Crippen MR) is 102 cm³/mol. The summed E-state index contributed by atoms with van der Waals surface area (Å²) in [5.74, 6) is 2.17. The fraction of sp³-hybridized carbons (Fsp3) is 0.375. The Balaban J connectivity index is 2.41. The molecule has 0 unspecified atom stereocenters. The van der Waals surface area contributed by atoms with E-state index in [2.05, 4.69) is 65.9 Å². The molecule has 0 aliphatic heterocycles. The van der Waals surface area contributed by atoms with Gasteiger partial charge in [-0.15, -0.1) is 0 Å². The predicted octanol–water partition coefficient (Wildman–Crippen LogP) is 4.91. The molecule has 2 rings (SSSR count). The number of benzene rings is 1. The van der Waals surface area contributed by atoms with Gasteiger partial charge in [-0.05, 0) is 48.8 Å². The molecule has 1 aromatic heterocycles. The van der Waals surface area contributed by atoms with Gasteiger partial charge in [-0.25, -0.2) is 4.98 Å². The number of ether oxygens (including phenoxy) is 1. The standard InChI is InChI=1S/C16H20Br2N4O/c1-5-22(6-2)14-7-10(3)19-16(20-14)21-15-12(18)8-11(17)9-13(15)23-4/h7-9H,5-6H2,1-4H3,(H,19,20,21). The Morgan fingerprint density at radius 3 is 2.43 bits per heavy atom. The van der Waals surface area contributed by atoms with Crippen LogP contribution in [0.2, 0.25) is 0 Å². The smallest absolute Gasteiger partial charge is 0.229 e. The lowest BCUT2D eigenvalue weighted by atomic mass is 10.3. The molecule has 1 N–H and O–H groups in total. The third-order valence-corrected chi connectivity index (χ3v) is 4.49. The van der Waals surface area contributed by atoms with Crippen LogP contribution in [0.15, 0.2) is 27.1 Å². The molecule has 7 heteroatoms. The van der Waals surface area contributed by atoms with Gasteiger partial charge in [0.25, 0.3) is 0 Å². The van der Waals surface area contributed by atoms with Crippen LogP contribution in [0.25, 0.3) is 0 Å².